The second-order valence-electron chi connectivity index (χ2n) is 6.44. The molecule has 0 amide bonds. The van der Waals surface area contributed by atoms with Crippen LogP contribution in [0.5, 0.6) is 0 Å². The molecule has 0 saturated carbocycles. The first-order valence-electron chi connectivity index (χ1n) is 7.22. The van der Waals surface area contributed by atoms with Gasteiger partial charge in [0.05, 0.1) is 24.4 Å². The zero-order chi connectivity index (χ0) is 16.5. The van der Waals surface area contributed by atoms with Crippen LogP contribution in [0, 0.1) is 0 Å². The van der Waals surface area contributed by atoms with Crippen molar-refractivity contribution in [2.75, 3.05) is 12.3 Å². The summed E-state index contributed by atoms with van der Waals surface area (Å²) in [6.45, 7) is 7.43. The molecular formula is C15H23BN2O4. The zero-order valence-corrected chi connectivity index (χ0v) is 13.5. The van der Waals surface area contributed by atoms with Crippen molar-refractivity contribution in [2.45, 2.75) is 45.5 Å². The lowest BCUT2D eigenvalue weighted by Gasteiger charge is -2.32. The van der Waals surface area contributed by atoms with Crippen molar-refractivity contribution in [3.63, 3.8) is 0 Å². The number of rotatable bonds is 4. The van der Waals surface area contributed by atoms with Gasteiger partial charge in [-0.2, -0.15) is 0 Å². The second-order valence-corrected chi connectivity index (χ2v) is 6.44. The minimum Gasteiger partial charge on any atom is -0.400 e. The van der Waals surface area contributed by atoms with Crippen molar-refractivity contribution < 1.29 is 19.5 Å². The largest absolute Gasteiger partial charge is 0.492 e. The third kappa shape index (κ3) is 3.17. The van der Waals surface area contributed by atoms with Crippen molar-refractivity contribution in [2.24, 2.45) is 0 Å². The predicted molar refractivity (Wildman–Crippen MR) is 85.7 cm³/mol. The molecule has 4 N–H and O–H groups in total. The Morgan fingerprint density at radius 2 is 1.86 bits per heavy atom. The first kappa shape index (κ1) is 17.0. The van der Waals surface area contributed by atoms with Crippen LogP contribution in [0.15, 0.2) is 17.7 Å². The molecule has 1 aromatic heterocycles. The molecule has 0 spiro atoms. The van der Waals surface area contributed by atoms with Gasteiger partial charge < -0.3 is 25.3 Å². The van der Waals surface area contributed by atoms with Crippen molar-refractivity contribution in [3.8, 4) is 0 Å². The Morgan fingerprint density at radius 1 is 1.27 bits per heavy atom. The molecule has 0 unspecified atom stereocenters. The van der Waals surface area contributed by atoms with Crippen molar-refractivity contribution in [1.29, 1.82) is 0 Å². The Bertz CT molecular complexity index is 571. The second kappa shape index (κ2) is 6.00. The van der Waals surface area contributed by atoms with E-state index < -0.39 is 18.3 Å². The molecule has 1 aromatic rings. The van der Waals surface area contributed by atoms with Gasteiger partial charge in [-0.25, -0.2) is 4.98 Å². The van der Waals surface area contributed by atoms with E-state index in [-0.39, 0.29) is 13.2 Å². The van der Waals surface area contributed by atoms with Gasteiger partial charge in [0.15, 0.2) is 0 Å². The average molecular weight is 306 g/mol. The standard InChI is InChI=1S/C15H23BN2O4/c1-14(2)15(3,4)22-16(21-14)12(9-20)6-10-5-11(8-19)13(17)18-7-10/h5-7,19-20H,8-9H2,1-4H3,(H2,17,18). The van der Waals surface area contributed by atoms with Crippen molar-refractivity contribution >= 4 is 19.0 Å². The van der Waals surface area contributed by atoms with Crippen LogP contribution in [-0.2, 0) is 15.9 Å². The molecule has 0 atom stereocenters. The predicted octanol–water partition coefficient (Wildman–Crippen LogP) is 1.16. The topological polar surface area (TPSA) is 97.8 Å². The summed E-state index contributed by atoms with van der Waals surface area (Å²) >= 11 is 0. The van der Waals surface area contributed by atoms with Crippen LogP contribution in [0.4, 0.5) is 5.82 Å². The molecule has 1 fully saturated rings. The van der Waals surface area contributed by atoms with Gasteiger partial charge >= 0.3 is 7.12 Å². The Hall–Kier alpha value is -1.41. The Kier molecular flexibility index (Phi) is 4.63. The van der Waals surface area contributed by atoms with Gasteiger partial charge in [0.2, 0.25) is 0 Å². The summed E-state index contributed by atoms with van der Waals surface area (Å²) in [7, 11) is -0.620. The fraction of sp³-hybridized carbons (Fsp3) is 0.533. The van der Waals surface area contributed by atoms with Gasteiger partial charge in [-0.15, -0.1) is 0 Å². The van der Waals surface area contributed by atoms with E-state index in [4.69, 9.17) is 15.0 Å². The van der Waals surface area contributed by atoms with E-state index in [1.54, 1.807) is 18.3 Å². The van der Waals surface area contributed by atoms with Crippen LogP contribution in [0.25, 0.3) is 6.08 Å². The van der Waals surface area contributed by atoms with Crippen LogP contribution in [0.2, 0.25) is 0 Å². The lowest BCUT2D eigenvalue weighted by atomic mass is 9.77. The van der Waals surface area contributed by atoms with E-state index in [0.29, 0.717) is 16.9 Å². The highest BCUT2D eigenvalue weighted by Crippen LogP contribution is 2.38. The maximum absolute atomic E-state index is 9.65. The summed E-state index contributed by atoms with van der Waals surface area (Å²) in [5.74, 6) is 0.292. The van der Waals surface area contributed by atoms with E-state index in [1.807, 2.05) is 27.7 Å². The van der Waals surface area contributed by atoms with Crippen LogP contribution in [-0.4, -0.2) is 40.1 Å². The number of aromatic nitrogens is 1. The number of pyridine rings is 1. The Labute approximate surface area is 131 Å². The molecule has 22 heavy (non-hydrogen) atoms. The highest BCUT2D eigenvalue weighted by molar-refractivity contribution is 6.55. The number of aliphatic hydroxyl groups excluding tert-OH is 2. The van der Waals surface area contributed by atoms with Crippen LogP contribution in [0.1, 0.15) is 38.8 Å². The molecule has 1 saturated heterocycles. The van der Waals surface area contributed by atoms with E-state index in [1.165, 1.54) is 0 Å². The number of nitrogen functional groups attached to an aromatic ring is 1. The Balaban J connectivity index is 2.29. The summed E-state index contributed by atoms with van der Waals surface area (Å²) in [6.07, 6.45) is 3.32. The van der Waals surface area contributed by atoms with Crippen LogP contribution < -0.4 is 5.73 Å². The normalized spacial score (nSPS) is 20.5. The molecule has 2 rings (SSSR count). The summed E-state index contributed by atoms with van der Waals surface area (Å²) in [6, 6.07) is 1.73. The molecule has 0 bridgehead atoms. The van der Waals surface area contributed by atoms with Gasteiger partial charge in [-0.05, 0) is 44.8 Å². The molecule has 0 radical (unpaired) electrons. The first-order chi connectivity index (χ1) is 10.2. The summed E-state index contributed by atoms with van der Waals surface area (Å²) < 4.78 is 11.8. The smallest absolute Gasteiger partial charge is 0.400 e. The van der Waals surface area contributed by atoms with Crippen molar-refractivity contribution in [1.82, 2.24) is 4.98 Å². The number of hydrogen-bond donors (Lipinski definition) is 3. The summed E-state index contributed by atoms with van der Waals surface area (Å²) in [5, 5.41) is 18.9. The number of nitrogens with zero attached hydrogens (tertiary/aromatic N) is 1. The SMILES string of the molecule is CC1(C)OB(C(=Cc2cnc(N)c(CO)c2)CO)OC1(C)C. The molecule has 0 aromatic carbocycles. The molecule has 1 aliphatic heterocycles. The molecule has 120 valence electrons. The van der Waals surface area contributed by atoms with E-state index in [0.717, 1.165) is 5.56 Å². The molecular weight excluding hydrogens is 283 g/mol. The fourth-order valence-corrected chi connectivity index (χ4v) is 2.14. The van der Waals surface area contributed by atoms with E-state index >= 15 is 0 Å². The molecule has 7 heteroatoms. The maximum atomic E-state index is 9.65. The molecule has 6 nitrogen and oxygen atoms in total. The van der Waals surface area contributed by atoms with E-state index in [2.05, 4.69) is 4.98 Å². The maximum Gasteiger partial charge on any atom is 0.492 e. The number of anilines is 1. The quantitative estimate of drug-likeness (QED) is 0.722. The average Bonchev–Trinajstić information content (AvgIpc) is 2.66. The van der Waals surface area contributed by atoms with E-state index in [9.17, 15) is 10.2 Å². The number of hydrogen-bond acceptors (Lipinski definition) is 6. The first-order valence-corrected chi connectivity index (χ1v) is 7.22. The minimum atomic E-state index is -0.620. The molecule has 1 aliphatic rings. The Morgan fingerprint density at radius 3 is 2.36 bits per heavy atom. The van der Waals surface area contributed by atoms with Gasteiger partial charge in [0.25, 0.3) is 0 Å². The molecule has 0 aliphatic carbocycles. The number of nitrogens with two attached hydrogens (primary N) is 1. The number of aliphatic hydroxyl groups is 2. The van der Waals surface area contributed by atoms with Gasteiger partial charge in [-0.1, -0.05) is 6.08 Å². The lowest BCUT2D eigenvalue weighted by molar-refractivity contribution is 0.00578. The third-order valence-electron chi connectivity index (χ3n) is 4.28. The van der Waals surface area contributed by atoms with Crippen LogP contribution in [0.3, 0.4) is 0 Å². The van der Waals surface area contributed by atoms with Gasteiger partial charge in [0.1, 0.15) is 5.82 Å². The highest BCUT2D eigenvalue weighted by atomic mass is 16.7. The van der Waals surface area contributed by atoms with Crippen LogP contribution >= 0.6 is 0 Å². The van der Waals surface area contributed by atoms with Crippen molar-refractivity contribution in [3.05, 3.63) is 28.9 Å². The monoisotopic (exact) mass is 306 g/mol. The van der Waals surface area contributed by atoms with Gasteiger partial charge in [-0.3, -0.25) is 0 Å². The lowest BCUT2D eigenvalue weighted by Crippen LogP contribution is -2.41. The highest BCUT2D eigenvalue weighted by Gasteiger charge is 2.52. The zero-order valence-electron chi connectivity index (χ0n) is 13.5. The summed E-state index contributed by atoms with van der Waals surface area (Å²) in [4.78, 5) is 4.03. The third-order valence-corrected chi connectivity index (χ3v) is 4.28. The minimum absolute atomic E-state index is 0.189. The summed E-state index contributed by atoms with van der Waals surface area (Å²) in [5.41, 5.74) is 6.58. The molecule has 2 heterocycles. The van der Waals surface area contributed by atoms with Gasteiger partial charge in [0, 0.05) is 11.8 Å². The fourth-order valence-electron chi connectivity index (χ4n) is 2.14.